The maximum atomic E-state index is 9.57. The molecule has 2 aliphatic heterocycles. The average molecular weight is 236 g/mol. The predicted molar refractivity (Wildman–Crippen MR) is 60.4 cm³/mol. The fourth-order valence-electron chi connectivity index (χ4n) is 1.99. The second kappa shape index (κ2) is 4.07. The molecule has 4 unspecified atom stereocenters. The number of fused-ring (bicyclic) bond motifs is 1. The summed E-state index contributed by atoms with van der Waals surface area (Å²) in [4.78, 5) is 0. The molecule has 1 N–H and O–H groups in total. The van der Waals surface area contributed by atoms with Crippen molar-refractivity contribution in [2.45, 2.75) is 31.0 Å². The van der Waals surface area contributed by atoms with Crippen LogP contribution in [0.3, 0.4) is 0 Å². The molecule has 0 spiro atoms. The van der Waals surface area contributed by atoms with Crippen molar-refractivity contribution < 1.29 is 19.3 Å². The van der Waals surface area contributed by atoms with Crippen LogP contribution in [0.4, 0.5) is 0 Å². The van der Waals surface area contributed by atoms with Gasteiger partial charge in [0, 0.05) is 5.41 Å². The Balaban J connectivity index is 1.64. The zero-order valence-corrected chi connectivity index (χ0v) is 9.70. The van der Waals surface area contributed by atoms with E-state index in [2.05, 4.69) is 0 Å². The molecule has 92 valence electrons. The largest absolute Gasteiger partial charge is 0.395 e. The highest BCUT2D eigenvalue weighted by Crippen LogP contribution is 2.41. The van der Waals surface area contributed by atoms with Crippen LogP contribution < -0.4 is 0 Å². The van der Waals surface area contributed by atoms with Crippen molar-refractivity contribution in [2.75, 3.05) is 13.2 Å². The Bertz CT molecular complexity index is 394. The fraction of sp³-hybridized carbons (Fsp3) is 0.538. The number of aliphatic hydroxyl groups is 1. The van der Waals surface area contributed by atoms with Crippen molar-refractivity contribution >= 4 is 0 Å². The number of epoxide rings is 1. The van der Waals surface area contributed by atoms with E-state index in [-0.39, 0.29) is 25.3 Å². The molecule has 4 atom stereocenters. The molecule has 4 heteroatoms. The van der Waals surface area contributed by atoms with E-state index in [1.807, 2.05) is 37.3 Å². The van der Waals surface area contributed by atoms with E-state index in [0.717, 1.165) is 5.56 Å². The summed E-state index contributed by atoms with van der Waals surface area (Å²) in [5.74, 6) is 0. The molecule has 2 aliphatic rings. The van der Waals surface area contributed by atoms with Gasteiger partial charge in [-0.1, -0.05) is 37.3 Å². The van der Waals surface area contributed by atoms with Crippen LogP contribution in [0.5, 0.6) is 0 Å². The lowest BCUT2D eigenvalue weighted by atomic mass is 9.84. The van der Waals surface area contributed by atoms with Crippen LogP contribution in [-0.4, -0.2) is 37.0 Å². The van der Waals surface area contributed by atoms with E-state index < -0.39 is 5.41 Å². The number of benzene rings is 1. The molecule has 0 amide bonds. The summed E-state index contributed by atoms with van der Waals surface area (Å²) in [5.41, 5.74) is 0.667. The fourth-order valence-corrected chi connectivity index (χ4v) is 1.99. The van der Waals surface area contributed by atoms with Gasteiger partial charge < -0.3 is 19.3 Å². The smallest absolute Gasteiger partial charge is 0.192 e. The lowest BCUT2D eigenvalue weighted by Crippen LogP contribution is -2.41. The second-order valence-corrected chi connectivity index (χ2v) is 4.87. The molecule has 17 heavy (non-hydrogen) atoms. The van der Waals surface area contributed by atoms with E-state index in [0.29, 0.717) is 6.61 Å². The average Bonchev–Trinajstić information content (AvgIpc) is 3.01. The summed E-state index contributed by atoms with van der Waals surface area (Å²) in [6, 6.07) is 9.88. The number of aliphatic hydroxyl groups excluding tert-OH is 1. The summed E-state index contributed by atoms with van der Waals surface area (Å²) in [7, 11) is 0. The third-order valence-electron chi connectivity index (χ3n) is 3.41. The minimum absolute atomic E-state index is 0.0305. The molecule has 2 heterocycles. The molecule has 0 aromatic heterocycles. The number of ether oxygens (including phenoxy) is 3. The summed E-state index contributed by atoms with van der Waals surface area (Å²) < 4.78 is 16.0. The highest BCUT2D eigenvalue weighted by Gasteiger charge is 2.59. The topological polar surface area (TPSA) is 51.2 Å². The van der Waals surface area contributed by atoms with Gasteiger partial charge in [0.2, 0.25) is 0 Å². The minimum Gasteiger partial charge on any atom is -0.395 e. The number of hydrogen-bond acceptors (Lipinski definition) is 4. The molecule has 2 fully saturated rings. The Labute approximate surface area is 100 Å². The maximum absolute atomic E-state index is 9.57. The van der Waals surface area contributed by atoms with Crippen LogP contribution in [0.25, 0.3) is 0 Å². The Morgan fingerprint density at radius 2 is 2.06 bits per heavy atom. The molecule has 1 aromatic rings. The molecule has 2 saturated heterocycles. The van der Waals surface area contributed by atoms with Gasteiger partial charge in [0.15, 0.2) is 18.7 Å². The molecule has 3 rings (SSSR count). The second-order valence-electron chi connectivity index (χ2n) is 4.87. The van der Waals surface area contributed by atoms with Crippen LogP contribution in [0.2, 0.25) is 0 Å². The lowest BCUT2D eigenvalue weighted by molar-refractivity contribution is -0.210. The van der Waals surface area contributed by atoms with E-state index >= 15 is 0 Å². The zero-order valence-electron chi connectivity index (χ0n) is 9.70. The first kappa shape index (κ1) is 11.2. The van der Waals surface area contributed by atoms with Crippen LogP contribution in [-0.2, 0) is 19.6 Å². The van der Waals surface area contributed by atoms with Crippen molar-refractivity contribution in [3.8, 4) is 0 Å². The van der Waals surface area contributed by atoms with Crippen molar-refractivity contribution in [3.63, 3.8) is 0 Å². The monoisotopic (exact) mass is 236 g/mol. The zero-order chi connectivity index (χ0) is 11.9. The van der Waals surface area contributed by atoms with Gasteiger partial charge in [-0.15, -0.1) is 0 Å². The summed E-state index contributed by atoms with van der Waals surface area (Å²) in [6.45, 7) is 2.44. The maximum Gasteiger partial charge on any atom is 0.192 e. The first-order chi connectivity index (χ1) is 8.23. The van der Waals surface area contributed by atoms with Crippen LogP contribution in [0.15, 0.2) is 30.3 Å². The van der Waals surface area contributed by atoms with Crippen molar-refractivity contribution in [1.29, 1.82) is 0 Å². The molecular weight excluding hydrogens is 220 g/mol. The number of hydrogen-bond donors (Lipinski definition) is 1. The standard InChI is InChI=1S/C13H16O4/c1-13(7-14,9-5-3-2-4-6-9)8-15-11-10-12(16-10)17-11/h2-6,10-12,14H,7-8H2,1H3. The molecule has 0 saturated carbocycles. The summed E-state index contributed by atoms with van der Waals surface area (Å²) >= 11 is 0. The third kappa shape index (κ3) is 1.98. The Kier molecular flexibility index (Phi) is 2.67. The predicted octanol–water partition coefficient (Wildman–Crippen LogP) is 1.03. The molecule has 0 aliphatic carbocycles. The molecular formula is C13H16O4. The first-order valence-corrected chi connectivity index (χ1v) is 5.82. The van der Waals surface area contributed by atoms with Gasteiger partial charge in [0.1, 0.15) is 0 Å². The van der Waals surface area contributed by atoms with Crippen molar-refractivity contribution in [1.82, 2.24) is 0 Å². The normalized spacial score (nSPS) is 33.4. The highest BCUT2D eigenvalue weighted by atomic mass is 16.9. The summed E-state index contributed by atoms with van der Waals surface area (Å²) in [5, 5.41) is 9.57. The van der Waals surface area contributed by atoms with Crippen LogP contribution >= 0.6 is 0 Å². The van der Waals surface area contributed by atoms with Gasteiger partial charge in [-0.3, -0.25) is 0 Å². The molecule has 0 radical (unpaired) electrons. The minimum atomic E-state index is -0.398. The lowest BCUT2D eigenvalue weighted by Gasteiger charge is -2.31. The van der Waals surface area contributed by atoms with E-state index in [1.165, 1.54) is 0 Å². The summed E-state index contributed by atoms with van der Waals surface area (Å²) in [6.07, 6.45) is -0.166. The van der Waals surface area contributed by atoms with Gasteiger partial charge in [0.25, 0.3) is 0 Å². The molecule has 0 bridgehead atoms. The van der Waals surface area contributed by atoms with Gasteiger partial charge in [-0.2, -0.15) is 0 Å². The Morgan fingerprint density at radius 3 is 2.59 bits per heavy atom. The van der Waals surface area contributed by atoms with Crippen LogP contribution in [0, 0.1) is 0 Å². The Morgan fingerprint density at radius 1 is 1.29 bits per heavy atom. The van der Waals surface area contributed by atoms with Gasteiger partial charge in [0.05, 0.1) is 13.2 Å². The molecule has 1 aromatic carbocycles. The quantitative estimate of drug-likeness (QED) is 0.776. The van der Waals surface area contributed by atoms with Gasteiger partial charge in [-0.05, 0) is 5.56 Å². The first-order valence-electron chi connectivity index (χ1n) is 5.82. The van der Waals surface area contributed by atoms with E-state index in [1.54, 1.807) is 0 Å². The van der Waals surface area contributed by atoms with E-state index in [9.17, 15) is 5.11 Å². The van der Waals surface area contributed by atoms with Gasteiger partial charge >= 0.3 is 0 Å². The SMILES string of the molecule is CC(CO)(COC1OC2OC12)c1ccccc1. The van der Waals surface area contributed by atoms with Crippen molar-refractivity contribution in [2.24, 2.45) is 0 Å². The third-order valence-corrected chi connectivity index (χ3v) is 3.41. The van der Waals surface area contributed by atoms with Crippen molar-refractivity contribution in [3.05, 3.63) is 35.9 Å². The van der Waals surface area contributed by atoms with Crippen LogP contribution in [0.1, 0.15) is 12.5 Å². The number of rotatable bonds is 5. The highest BCUT2D eigenvalue weighted by molar-refractivity contribution is 5.24. The Hall–Kier alpha value is -0.940. The van der Waals surface area contributed by atoms with Gasteiger partial charge in [-0.25, -0.2) is 0 Å². The van der Waals surface area contributed by atoms with E-state index in [4.69, 9.17) is 14.2 Å². The molecule has 4 nitrogen and oxygen atoms in total.